The summed E-state index contributed by atoms with van der Waals surface area (Å²) in [5.74, 6) is 4.56. The van der Waals surface area contributed by atoms with E-state index in [0.717, 1.165) is 23.1 Å². The number of thioether (sulfide) groups is 1. The van der Waals surface area contributed by atoms with Crippen LogP contribution in [-0.4, -0.2) is 39.1 Å². The van der Waals surface area contributed by atoms with Crippen molar-refractivity contribution < 1.29 is 14.0 Å². The van der Waals surface area contributed by atoms with Gasteiger partial charge in [0.05, 0.1) is 20.0 Å². The van der Waals surface area contributed by atoms with Crippen molar-refractivity contribution in [2.45, 2.75) is 43.1 Å². The molecule has 1 aliphatic carbocycles. The molecule has 0 spiro atoms. The van der Waals surface area contributed by atoms with E-state index in [0.29, 0.717) is 34.9 Å². The molecular formula is C18H21N5O3S. The summed E-state index contributed by atoms with van der Waals surface area (Å²) in [6, 6.07) is 5.52. The van der Waals surface area contributed by atoms with Crippen LogP contribution >= 0.6 is 11.8 Å². The molecule has 4 rings (SSSR count). The lowest BCUT2D eigenvalue weighted by Crippen LogP contribution is -2.02. The van der Waals surface area contributed by atoms with Crippen LogP contribution in [0.5, 0.6) is 11.5 Å². The highest BCUT2D eigenvalue weighted by atomic mass is 32.2. The third-order valence-corrected chi connectivity index (χ3v) is 5.39. The zero-order valence-corrected chi connectivity index (χ0v) is 16.3. The maximum absolute atomic E-state index is 5.40. The van der Waals surface area contributed by atoms with Crippen LogP contribution in [0.3, 0.4) is 0 Å². The summed E-state index contributed by atoms with van der Waals surface area (Å²) in [7, 11) is 3.20. The molecule has 0 aliphatic heterocycles. The summed E-state index contributed by atoms with van der Waals surface area (Å²) < 4.78 is 18.2. The Bertz CT molecular complexity index is 935. The standard InChI is InChI=1S/C18H21N5O3S/c1-4-23-17(11-5-6-11)20-21-18(23)27-10-15-19-16(22-26-15)12-7-8-13(24-2)14(9-12)25-3/h7-9,11H,4-6,10H2,1-3H3. The Hall–Kier alpha value is -2.55. The Kier molecular flexibility index (Phi) is 5.02. The summed E-state index contributed by atoms with van der Waals surface area (Å²) in [6.07, 6.45) is 2.42. The molecule has 3 aromatic rings. The minimum Gasteiger partial charge on any atom is -0.493 e. The van der Waals surface area contributed by atoms with Crippen LogP contribution < -0.4 is 9.47 Å². The maximum atomic E-state index is 5.40. The SMILES string of the molecule is CCn1c(SCc2nc(-c3ccc(OC)c(OC)c3)no2)nnc1C1CC1. The van der Waals surface area contributed by atoms with E-state index in [4.69, 9.17) is 14.0 Å². The fourth-order valence-electron chi connectivity index (χ4n) is 2.88. The van der Waals surface area contributed by atoms with Gasteiger partial charge in [0, 0.05) is 18.0 Å². The molecular weight excluding hydrogens is 366 g/mol. The van der Waals surface area contributed by atoms with Gasteiger partial charge < -0.3 is 18.6 Å². The number of methoxy groups -OCH3 is 2. The first kappa shape index (κ1) is 17.8. The molecule has 0 amide bonds. The minimum atomic E-state index is 0.516. The van der Waals surface area contributed by atoms with Crippen molar-refractivity contribution in [3.63, 3.8) is 0 Å². The van der Waals surface area contributed by atoms with Gasteiger partial charge in [0.1, 0.15) is 5.82 Å². The molecule has 1 aromatic carbocycles. The molecule has 1 aliphatic rings. The van der Waals surface area contributed by atoms with Gasteiger partial charge >= 0.3 is 0 Å². The quantitative estimate of drug-likeness (QED) is 0.542. The Morgan fingerprint density at radius 2 is 2.00 bits per heavy atom. The molecule has 27 heavy (non-hydrogen) atoms. The normalized spacial score (nSPS) is 13.7. The number of ether oxygens (including phenoxy) is 2. The molecule has 0 radical (unpaired) electrons. The summed E-state index contributed by atoms with van der Waals surface area (Å²) in [6.45, 7) is 2.98. The van der Waals surface area contributed by atoms with Crippen LogP contribution in [0.25, 0.3) is 11.4 Å². The van der Waals surface area contributed by atoms with Gasteiger partial charge in [0.15, 0.2) is 16.7 Å². The molecule has 9 heteroatoms. The van der Waals surface area contributed by atoms with Gasteiger partial charge in [-0.1, -0.05) is 16.9 Å². The molecule has 2 heterocycles. The van der Waals surface area contributed by atoms with Gasteiger partial charge in [-0.05, 0) is 38.0 Å². The van der Waals surface area contributed by atoms with E-state index >= 15 is 0 Å². The molecule has 0 atom stereocenters. The topological polar surface area (TPSA) is 88.1 Å². The summed E-state index contributed by atoms with van der Waals surface area (Å²) in [4.78, 5) is 4.48. The Morgan fingerprint density at radius 1 is 1.19 bits per heavy atom. The second-order valence-corrected chi connectivity index (χ2v) is 7.17. The van der Waals surface area contributed by atoms with Gasteiger partial charge in [-0.2, -0.15) is 4.98 Å². The molecule has 0 unspecified atom stereocenters. The first-order valence-electron chi connectivity index (χ1n) is 8.84. The molecule has 8 nitrogen and oxygen atoms in total. The minimum absolute atomic E-state index is 0.516. The van der Waals surface area contributed by atoms with Gasteiger partial charge in [0.2, 0.25) is 11.7 Å². The van der Waals surface area contributed by atoms with E-state index in [1.807, 2.05) is 18.2 Å². The second-order valence-electron chi connectivity index (χ2n) is 6.23. The van der Waals surface area contributed by atoms with Crippen LogP contribution in [0.1, 0.15) is 37.4 Å². The highest BCUT2D eigenvalue weighted by Gasteiger charge is 2.30. The van der Waals surface area contributed by atoms with Crippen LogP contribution in [0.15, 0.2) is 27.9 Å². The smallest absolute Gasteiger partial charge is 0.237 e. The molecule has 0 N–H and O–H groups in total. The van der Waals surface area contributed by atoms with Crippen molar-refractivity contribution in [1.82, 2.24) is 24.9 Å². The van der Waals surface area contributed by atoms with Crippen LogP contribution in [0.4, 0.5) is 0 Å². The summed E-state index contributed by atoms with van der Waals surface area (Å²) in [5.41, 5.74) is 0.806. The summed E-state index contributed by atoms with van der Waals surface area (Å²) in [5, 5.41) is 13.6. The highest BCUT2D eigenvalue weighted by molar-refractivity contribution is 7.98. The van der Waals surface area contributed by atoms with Gasteiger partial charge in [0.25, 0.3) is 0 Å². The monoisotopic (exact) mass is 387 g/mol. The molecule has 0 bridgehead atoms. The van der Waals surface area contributed by atoms with E-state index in [9.17, 15) is 0 Å². The van der Waals surface area contributed by atoms with Crippen molar-refractivity contribution in [2.24, 2.45) is 0 Å². The fourth-order valence-corrected chi connectivity index (χ4v) is 3.73. The van der Waals surface area contributed by atoms with Crippen molar-refractivity contribution in [2.75, 3.05) is 14.2 Å². The molecule has 142 valence electrons. The Labute approximate surface area is 161 Å². The number of nitrogens with zero attached hydrogens (tertiary/aromatic N) is 5. The zero-order chi connectivity index (χ0) is 18.8. The lowest BCUT2D eigenvalue weighted by molar-refractivity contribution is 0.355. The van der Waals surface area contributed by atoms with Crippen LogP contribution in [-0.2, 0) is 12.3 Å². The van der Waals surface area contributed by atoms with Crippen molar-refractivity contribution >= 4 is 11.8 Å². The Morgan fingerprint density at radius 3 is 2.70 bits per heavy atom. The van der Waals surface area contributed by atoms with Gasteiger partial charge in [-0.25, -0.2) is 0 Å². The van der Waals surface area contributed by atoms with E-state index in [1.54, 1.807) is 26.0 Å². The lowest BCUT2D eigenvalue weighted by atomic mass is 10.2. The zero-order valence-electron chi connectivity index (χ0n) is 15.5. The average molecular weight is 387 g/mol. The number of hydrogen-bond donors (Lipinski definition) is 0. The molecule has 0 saturated heterocycles. The second kappa shape index (κ2) is 7.59. The third kappa shape index (κ3) is 3.64. The van der Waals surface area contributed by atoms with E-state index in [1.165, 1.54) is 12.8 Å². The fraction of sp³-hybridized carbons (Fsp3) is 0.444. The first-order valence-corrected chi connectivity index (χ1v) is 9.83. The highest BCUT2D eigenvalue weighted by Crippen LogP contribution is 2.40. The van der Waals surface area contributed by atoms with Crippen LogP contribution in [0, 0.1) is 0 Å². The number of benzene rings is 1. The van der Waals surface area contributed by atoms with E-state index in [-0.39, 0.29) is 0 Å². The van der Waals surface area contributed by atoms with Crippen molar-refractivity contribution in [1.29, 1.82) is 0 Å². The van der Waals surface area contributed by atoms with E-state index in [2.05, 4.69) is 31.8 Å². The average Bonchev–Trinajstić information content (AvgIpc) is 3.29. The summed E-state index contributed by atoms with van der Waals surface area (Å²) >= 11 is 1.56. The third-order valence-electron chi connectivity index (χ3n) is 4.44. The van der Waals surface area contributed by atoms with Crippen LogP contribution in [0.2, 0.25) is 0 Å². The number of aromatic nitrogens is 5. The van der Waals surface area contributed by atoms with Gasteiger partial charge in [-0.3, -0.25) is 0 Å². The molecule has 2 aromatic heterocycles. The van der Waals surface area contributed by atoms with Crippen molar-refractivity contribution in [3.8, 4) is 22.9 Å². The van der Waals surface area contributed by atoms with E-state index < -0.39 is 0 Å². The predicted octanol–water partition coefficient (Wildman–Crippen LogP) is 3.53. The number of rotatable bonds is 8. The molecule has 1 saturated carbocycles. The lowest BCUT2D eigenvalue weighted by Gasteiger charge is -2.07. The predicted molar refractivity (Wildman–Crippen MR) is 100 cm³/mol. The largest absolute Gasteiger partial charge is 0.493 e. The number of hydrogen-bond acceptors (Lipinski definition) is 8. The Balaban J connectivity index is 1.47. The molecule has 1 fully saturated rings. The van der Waals surface area contributed by atoms with Gasteiger partial charge in [-0.15, -0.1) is 10.2 Å². The first-order chi connectivity index (χ1) is 13.2. The maximum Gasteiger partial charge on any atom is 0.237 e. The van der Waals surface area contributed by atoms with Crippen molar-refractivity contribution in [3.05, 3.63) is 29.9 Å².